The molecule has 5 aromatic heterocycles. The van der Waals surface area contributed by atoms with Gasteiger partial charge in [0, 0.05) is 86.8 Å². The molecule has 19 nitrogen and oxygen atoms in total. The Morgan fingerprint density at radius 3 is 2.39 bits per heavy atom. The van der Waals surface area contributed by atoms with Gasteiger partial charge in [-0.05, 0) is 112 Å². The van der Waals surface area contributed by atoms with Gasteiger partial charge in [0.2, 0.25) is 17.7 Å². The number of phenols is 1. The summed E-state index contributed by atoms with van der Waals surface area (Å²) in [5, 5.41) is 37.0. The van der Waals surface area contributed by atoms with Gasteiger partial charge in [-0.3, -0.25) is 14.6 Å². The third-order valence-corrected chi connectivity index (χ3v) is 17.3. The third kappa shape index (κ3) is 11.4. The molecule has 5 N–H and O–H groups in total. The number of aliphatic hydroxyl groups is 1. The SMILES string of the molecule is Cc1ncsc1-c1ccc([C@H](C)NC(=O)[C@@H]2C[C@@H](O)CN2C(=O)[C@@H](c2cc(OCCC3CCC(OC4CC(Oc5cc(N6C7CCC6CN(c6cc(-c8ccccc8O)nnc6N)C7)ccn5)C4)CC3)no2)C(C)C)cn1. The minimum atomic E-state index is -0.844. The molecule has 1 aromatic carbocycles. The number of phenolic OH excluding ortho intramolecular Hbond substituents is 1. The van der Waals surface area contributed by atoms with Gasteiger partial charge < -0.3 is 54.7 Å². The summed E-state index contributed by atoms with van der Waals surface area (Å²) in [4.78, 5) is 48.8. The van der Waals surface area contributed by atoms with Crippen molar-refractivity contribution in [1.29, 1.82) is 0 Å². The smallest absolute Gasteiger partial charge is 0.254 e. The van der Waals surface area contributed by atoms with E-state index in [1.54, 1.807) is 29.9 Å². The Hall–Kier alpha value is -6.90. The Bertz CT molecular complexity index is 3000. The number of hydrogen-bond donors (Lipinski definition) is 4. The molecule has 2 aliphatic carbocycles. The van der Waals surface area contributed by atoms with Crippen LogP contribution >= 0.6 is 11.3 Å². The number of aryl methyl sites for hydroxylation is 1. The molecule has 6 atom stereocenters. The first-order valence-corrected chi connectivity index (χ1v) is 28.2. The highest BCUT2D eigenvalue weighted by Gasteiger charge is 2.45. The number of fused-ring (bicyclic) bond motifs is 2. The van der Waals surface area contributed by atoms with Crippen LogP contribution in [-0.2, 0) is 14.3 Å². The number of ether oxygens (including phenoxy) is 3. The Morgan fingerprint density at radius 2 is 1.66 bits per heavy atom. The molecular weight excluding hydrogens is 999 g/mol. The third-order valence-electron chi connectivity index (χ3n) is 16.3. The molecule has 2 unspecified atom stereocenters. The van der Waals surface area contributed by atoms with Gasteiger partial charge in [0.1, 0.15) is 23.8 Å². The van der Waals surface area contributed by atoms with Crippen LogP contribution < -0.4 is 30.3 Å². The van der Waals surface area contributed by atoms with Crippen molar-refractivity contribution in [2.45, 2.75) is 146 Å². The van der Waals surface area contributed by atoms with E-state index < -0.39 is 18.1 Å². The number of aromatic hydroxyl groups is 1. The molecule has 406 valence electrons. The molecule has 3 saturated heterocycles. The van der Waals surface area contributed by atoms with Crippen LogP contribution in [0.1, 0.15) is 114 Å². The summed E-state index contributed by atoms with van der Waals surface area (Å²) >= 11 is 1.53. The summed E-state index contributed by atoms with van der Waals surface area (Å²) in [6.45, 7) is 9.79. The zero-order chi connectivity index (χ0) is 53.3. The normalized spacial score (nSPS) is 24.9. The van der Waals surface area contributed by atoms with Crippen LogP contribution in [0.4, 0.5) is 17.2 Å². The number of rotatable bonds is 18. The van der Waals surface area contributed by atoms with E-state index in [0.717, 1.165) is 104 Å². The molecule has 77 heavy (non-hydrogen) atoms. The molecular formula is C57H69N11O8S. The van der Waals surface area contributed by atoms with Crippen molar-refractivity contribution in [3.05, 3.63) is 95.6 Å². The number of aromatic nitrogens is 6. The Balaban J connectivity index is 0.601. The number of benzene rings is 1. The van der Waals surface area contributed by atoms with Crippen LogP contribution in [0.2, 0.25) is 0 Å². The molecule has 2 saturated carbocycles. The fourth-order valence-electron chi connectivity index (χ4n) is 12.1. The number of carbonyl (C=O) groups excluding carboxylic acids is 2. The fraction of sp³-hybridized carbons (Fsp3) is 0.509. The number of amides is 2. The summed E-state index contributed by atoms with van der Waals surface area (Å²) in [7, 11) is 0. The van der Waals surface area contributed by atoms with Gasteiger partial charge in [0.25, 0.3) is 5.88 Å². The number of nitrogens with two attached hydrogens (primary N) is 1. The second-order valence-electron chi connectivity index (χ2n) is 22.0. The average Bonchev–Trinajstić information content (AvgIpc) is 4.22. The Kier molecular flexibility index (Phi) is 15.3. The first-order valence-electron chi connectivity index (χ1n) is 27.3. The number of carbonyl (C=O) groups is 2. The first-order chi connectivity index (χ1) is 37.3. The van der Waals surface area contributed by atoms with Crippen LogP contribution in [-0.4, -0.2) is 126 Å². The number of para-hydroxylation sites is 1. The van der Waals surface area contributed by atoms with Crippen LogP contribution in [0, 0.1) is 18.8 Å². The predicted octanol–water partition coefficient (Wildman–Crippen LogP) is 8.03. The number of piperazine rings is 1. The molecule has 6 aromatic rings. The zero-order valence-corrected chi connectivity index (χ0v) is 44.9. The number of β-amino-alcohol motifs (C(OH)–C–C–N with tert-alkyl or cyclic N) is 1. The number of nitrogen functional groups attached to an aromatic ring is 1. The average molecular weight is 1070 g/mol. The second-order valence-corrected chi connectivity index (χ2v) is 22.8. The van der Waals surface area contributed by atoms with Gasteiger partial charge in [0.05, 0.1) is 64.1 Å². The molecule has 0 spiro atoms. The first kappa shape index (κ1) is 52.2. The molecule has 8 heterocycles. The summed E-state index contributed by atoms with van der Waals surface area (Å²) < 4.78 is 24.8. The van der Waals surface area contributed by atoms with E-state index in [4.69, 9.17) is 24.5 Å². The van der Waals surface area contributed by atoms with E-state index in [-0.39, 0.29) is 72.9 Å². The molecule has 3 aliphatic heterocycles. The van der Waals surface area contributed by atoms with E-state index in [1.807, 2.05) is 64.2 Å². The van der Waals surface area contributed by atoms with E-state index in [0.29, 0.717) is 47.1 Å². The summed E-state index contributed by atoms with van der Waals surface area (Å²) in [6, 6.07) is 18.1. The number of hydrogen-bond acceptors (Lipinski definition) is 18. The van der Waals surface area contributed by atoms with Gasteiger partial charge in [-0.15, -0.1) is 21.5 Å². The number of nitrogens with one attached hydrogen (secondary N) is 1. The van der Waals surface area contributed by atoms with Gasteiger partial charge in [-0.2, -0.15) is 0 Å². The minimum Gasteiger partial charge on any atom is -0.507 e. The minimum absolute atomic E-state index is 0.0460. The van der Waals surface area contributed by atoms with Crippen molar-refractivity contribution >= 4 is 40.3 Å². The van der Waals surface area contributed by atoms with Crippen molar-refractivity contribution < 1.29 is 38.5 Å². The highest BCUT2D eigenvalue weighted by Crippen LogP contribution is 2.41. The molecule has 5 fully saturated rings. The van der Waals surface area contributed by atoms with Crippen LogP contribution in [0.15, 0.2) is 83.1 Å². The van der Waals surface area contributed by atoms with Crippen molar-refractivity contribution in [2.24, 2.45) is 11.8 Å². The number of anilines is 3. The highest BCUT2D eigenvalue weighted by molar-refractivity contribution is 7.13. The van der Waals surface area contributed by atoms with Gasteiger partial charge >= 0.3 is 0 Å². The lowest BCUT2D eigenvalue weighted by Gasteiger charge is -2.43. The maximum absolute atomic E-state index is 14.2. The quantitative estimate of drug-likeness (QED) is 0.0637. The highest BCUT2D eigenvalue weighted by atomic mass is 32.1. The van der Waals surface area contributed by atoms with Gasteiger partial charge in [0.15, 0.2) is 11.6 Å². The van der Waals surface area contributed by atoms with Gasteiger partial charge in [-0.1, -0.05) is 32.0 Å². The molecule has 5 aliphatic rings. The fourth-order valence-corrected chi connectivity index (χ4v) is 12.9. The van der Waals surface area contributed by atoms with Crippen molar-refractivity contribution in [3.63, 3.8) is 0 Å². The monoisotopic (exact) mass is 1070 g/mol. The summed E-state index contributed by atoms with van der Waals surface area (Å²) in [6.07, 6.45) is 12.2. The lowest BCUT2D eigenvalue weighted by atomic mass is 9.84. The van der Waals surface area contributed by atoms with Crippen LogP contribution in [0.25, 0.3) is 21.8 Å². The Morgan fingerprint density at radius 1 is 0.870 bits per heavy atom. The standard InChI is InChI=1S/C57H69N11O8S/c1-32(2)53(57(72)67-30-40(69)22-48(67)56(71)62-33(3)36-11-16-45(60-27-36)54-34(4)61-31-77-54)50-26-52(65-76-50)73-20-18-35-9-14-41(15-10-35)74-42-23-43(24-42)75-51-21-37(17-19-59-51)68-38-12-13-39(68)29-66(28-38)47-25-46(63-64-55(47)58)44-7-5-6-8-49(44)70/h5-8,11,16-17,19,21,25-27,31-33,35,38-43,48,53,69-70H,9-10,12-15,18,20,22-24,28-30H2,1-4H3,(H2,58,64)(H,62,71)/t33-,35?,38?,39?,40+,41?,42?,43?,48-,53+/m0/s1. The number of likely N-dealkylation sites (tertiary alicyclic amines) is 1. The largest absolute Gasteiger partial charge is 0.507 e. The topological polar surface area (TPSA) is 241 Å². The van der Waals surface area contributed by atoms with Crippen molar-refractivity contribution in [1.82, 2.24) is 40.5 Å². The van der Waals surface area contributed by atoms with Gasteiger partial charge in [-0.25, -0.2) is 9.97 Å². The number of aliphatic hydroxyl groups excluding tert-OH is 1. The molecule has 2 bridgehead atoms. The number of thiazole rings is 1. The number of nitrogens with zero attached hydrogens (tertiary/aromatic N) is 9. The summed E-state index contributed by atoms with van der Waals surface area (Å²) in [5.41, 5.74) is 13.9. The van der Waals surface area contributed by atoms with Crippen molar-refractivity contribution in [2.75, 3.05) is 41.8 Å². The number of pyridine rings is 2. The van der Waals surface area contributed by atoms with E-state index >= 15 is 0 Å². The zero-order valence-electron chi connectivity index (χ0n) is 44.1. The lowest BCUT2D eigenvalue weighted by Crippen LogP contribution is -2.54. The molecule has 2 amide bonds. The van der Waals surface area contributed by atoms with Crippen LogP contribution in [0.3, 0.4) is 0 Å². The van der Waals surface area contributed by atoms with Crippen molar-refractivity contribution in [3.8, 4) is 39.3 Å². The van der Waals surface area contributed by atoms with Crippen LogP contribution in [0.5, 0.6) is 17.5 Å². The maximum atomic E-state index is 14.2. The molecule has 11 rings (SSSR count). The Labute approximate surface area is 452 Å². The predicted molar refractivity (Wildman–Crippen MR) is 291 cm³/mol. The van der Waals surface area contributed by atoms with E-state index in [2.05, 4.69) is 57.6 Å². The summed E-state index contributed by atoms with van der Waals surface area (Å²) in [5.74, 6) is 0.849. The molecule has 0 radical (unpaired) electrons. The second kappa shape index (κ2) is 22.6. The molecule has 20 heteroatoms. The lowest BCUT2D eigenvalue weighted by molar-refractivity contribution is -0.141. The van der Waals surface area contributed by atoms with E-state index in [1.165, 1.54) is 16.2 Å². The maximum Gasteiger partial charge on any atom is 0.254 e. The van der Waals surface area contributed by atoms with E-state index in [9.17, 15) is 19.8 Å².